The fraction of sp³-hybridized carbons (Fsp3) is 0.444. The highest BCUT2D eigenvalue weighted by atomic mass is 16.3. The Kier molecular flexibility index (Phi) is 2.72. The lowest BCUT2D eigenvalue weighted by molar-refractivity contribution is 0.446. The number of nitrogens with one attached hydrogen (secondary N) is 1. The molecule has 1 atom stereocenters. The highest BCUT2D eigenvalue weighted by molar-refractivity contribution is 5.22. The molecule has 1 aromatic rings. The summed E-state index contributed by atoms with van der Waals surface area (Å²) in [5.41, 5.74) is 6.15. The van der Waals surface area contributed by atoms with Crippen LogP contribution in [0.1, 0.15) is 25.5 Å². The zero-order valence-corrected chi connectivity index (χ0v) is 7.74. The molecule has 13 heavy (non-hydrogen) atoms. The molecule has 0 bridgehead atoms. The van der Waals surface area contributed by atoms with E-state index in [0.717, 1.165) is 0 Å². The number of hydrogen-bond donors (Lipinski definition) is 3. The minimum Gasteiger partial charge on any atom is -0.495 e. The first kappa shape index (κ1) is 9.80. The van der Waals surface area contributed by atoms with Crippen LogP contribution < -0.4 is 11.3 Å². The Morgan fingerprint density at radius 3 is 2.54 bits per heavy atom. The van der Waals surface area contributed by atoms with Gasteiger partial charge < -0.3 is 10.8 Å². The van der Waals surface area contributed by atoms with Crippen molar-refractivity contribution in [1.29, 1.82) is 0 Å². The molecule has 1 rings (SSSR count). The summed E-state index contributed by atoms with van der Waals surface area (Å²) in [6.45, 7) is 3.92. The van der Waals surface area contributed by atoms with Gasteiger partial charge in [-0.05, 0) is 11.5 Å². The Labute approximate surface area is 76.4 Å². The molecule has 4 N–H and O–H groups in total. The van der Waals surface area contributed by atoms with E-state index in [4.69, 9.17) is 10.8 Å². The number of hydrogen-bond acceptors (Lipinski definition) is 3. The Balaban J connectivity index is 3.08. The molecule has 0 spiro atoms. The largest absolute Gasteiger partial charge is 0.495 e. The lowest BCUT2D eigenvalue weighted by Gasteiger charge is -2.15. The van der Waals surface area contributed by atoms with E-state index >= 15 is 0 Å². The van der Waals surface area contributed by atoms with Gasteiger partial charge >= 0.3 is 0 Å². The van der Waals surface area contributed by atoms with E-state index in [9.17, 15) is 4.79 Å². The molecule has 0 aliphatic carbocycles. The molecule has 0 saturated heterocycles. The van der Waals surface area contributed by atoms with Crippen LogP contribution in [0, 0.1) is 5.92 Å². The maximum Gasteiger partial charge on any atom is 0.250 e. The monoisotopic (exact) mass is 182 g/mol. The third kappa shape index (κ3) is 2.32. The molecule has 0 amide bonds. The molecule has 0 aliphatic rings. The van der Waals surface area contributed by atoms with Gasteiger partial charge in [-0.2, -0.15) is 0 Å². The summed E-state index contributed by atoms with van der Waals surface area (Å²) >= 11 is 0. The second kappa shape index (κ2) is 3.62. The molecule has 0 aromatic carbocycles. The summed E-state index contributed by atoms with van der Waals surface area (Å²) in [6, 6.07) is 2.67. The first-order valence-electron chi connectivity index (χ1n) is 4.19. The van der Waals surface area contributed by atoms with Gasteiger partial charge in [0.2, 0.25) is 0 Å². The molecule has 1 heterocycles. The standard InChI is InChI=1S/C9H14N2O2/c1-5(2)9(10)6-3-7(12)11-8(13)4-6/h3-5,9H,10H2,1-2H3,(H2,11,12,13). The molecule has 4 heteroatoms. The van der Waals surface area contributed by atoms with Crippen LogP contribution in [0.3, 0.4) is 0 Å². The first-order valence-corrected chi connectivity index (χ1v) is 4.19. The Bertz CT molecular complexity index is 344. The molecule has 0 saturated carbocycles. The van der Waals surface area contributed by atoms with Crippen molar-refractivity contribution in [3.8, 4) is 5.88 Å². The maximum atomic E-state index is 11.0. The summed E-state index contributed by atoms with van der Waals surface area (Å²) < 4.78 is 0. The third-order valence-electron chi connectivity index (χ3n) is 1.96. The van der Waals surface area contributed by atoms with Gasteiger partial charge in [0.25, 0.3) is 5.56 Å². The molecule has 0 fully saturated rings. The van der Waals surface area contributed by atoms with Crippen molar-refractivity contribution in [3.63, 3.8) is 0 Å². The number of nitrogens with two attached hydrogens (primary N) is 1. The van der Waals surface area contributed by atoms with Crippen molar-refractivity contribution in [2.75, 3.05) is 0 Å². The average Bonchev–Trinajstić information content (AvgIpc) is 2.01. The van der Waals surface area contributed by atoms with E-state index in [1.165, 1.54) is 12.1 Å². The van der Waals surface area contributed by atoms with Crippen molar-refractivity contribution in [2.24, 2.45) is 11.7 Å². The molecule has 0 radical (unpaired) electrons. The van der Waals surface area contributed by atoms with Crippen LogP contribution in [0.15, 0.2) is 16.9 Å². The fourth-order valence-corrected chi connectivity index (χ4v) is 1.13. The van der Waals surface area contributed by atoms with Crippen LogP contribution in [0.2, 0.25) is 0 Å². The van der Waals surface area contributed by atoms with Crippen LogP contribution in [0.4, 0.5) is 0 Å². The molecule has 1 unspecified atom stereocenters. The number of pyridine rings is 1. The van der Waals surface area contributed by atoms with Gasteiger partial charge in [-0.3, -0.25) is 9.78 Å². The second-order valence-electron chi connectivity index (χ2n) is 3.43. The highest BCUT2D eigenvalue weighted by Crippen LogP contribution is 2.18. The minimum atomic E-state index is -0.328. The maximum absolute atomic E-state index is 11.0. The van der Waals surface area contributed by atoms with Crippen molar-refractivity contribution in [1.82, 2.24) is 4.98 Å². The van der Waals surface area contributed by atoms with E-state index in [1.807, 2.05) is 13.8 Å². The van der Waals surface area contributed by atoms with Gasteiger partial charge in [0.05, 0.1) is 0 Å². The van der Waals surface area contributed by atoms with Crippen LogP contribution in [-0.2, 0) is 0 Å². The van der Waals surface area contributed by atoms with Crippen molar-refractivity contribution in [3.05, 3.63) is 28.0 Å². The van der Waals surface area contributed by atoms with Crippen LogP contribution in [-0.4, -0.2) is 10.1 Å². The fourth-order valence-electron chi connectivity index (χ4n) is 1.13. The van der Waals surface area contributed by atoms with E-state index in [0.29, 0.717) is 5.56 Å². The summed E-state index contributed by atoms with van der Waals surface area (Å²) in [6.07, 6.45) is 0. The summed E-state index contributed by atoms with van der Waals surface area (Å²) in [5.74, 6) is 0.0970. The zero-order valence-electron chi connectivity index (χ0n) is 7.74. The van der Waals surface area contributed by atoms with Gasteiger partial charge in [-0.15, -0.1) is 0 Å². The normalized spacial score (nSPS) is 13.2. The lowest BCUT2D eigenvalue weighted by Crippen LogP contribution is -2.19. The highest BCUT2D eigenvalue weighted by Gasteiger charge is 2.11. The number of rotatable bonds is 2. The third-order valence-corrected chi connectivity index (χ3v) is 1.96. The smallest absolute Gasteiger partial charge is 0.250 e. The van der Waals surface area contributed by atoms with Gasteiger partial charge in [-0.25, -0.2) is 0 Å². The molecule has 4 nitrogen and oxygen atoms in total. The van der Waals surface area contributed by atoms with Crippen molar-refractivity contribution < 1.29 is 5.11 Å². The molecule has 72 valence electrons. The molecular formula is C9H14N2O2. The number of H-pyrrole nitrogens is 1. The number of aromatic amines is 1. The second-order valence-corrected chi connectivity index (χ2v) is 3.43. The summed E-state index contributed by atoms with van der Waals surface area (Å²) in [7, 11) is 0. The van der Waals surface area contributed by atoms with E-state index in [-0.39, 0.29) is 23.4 Å². The summed E-state index contributed by atoms with van der Waals surface area (Å²) in [5, 5.41) is 9.11. The first-order chi connectivity index (χ1) is 6.00. The molecule has 1 aromatic heterocycles. The predicted molar refractivity (Wildman–Crippen MR) is 50.5 cm³/mol. The number of aromatic hydroxyl groups is 1. The SMILES string of the molecule is CC(C)C(N)c1cc(O)[nH]c(=O)c1. The molecule has 0 aliphatic heterocycles. The van der Waals surface area contributed by atoms with Crippen LogP contribution in [0.5, 0.6) is 5.88 Å². The van der Waals surface area contributed by atoms with E-state index < -0.39 is 0 Å². The van der Waals surface area contributed by atoms with Gasteiger partial charge in [0.1, 0.15) is 0 Å². The summed E-state index contributed by atoms with van der Waals surface area (Å²) in [4.78, 5) is 13.2. The van der Waals surface area contributed by atoms with Gasteiger partial charge in [0, 0.05) is 18.2 Å². The van der Waals surface area contributed by atoms with Gasteiger partial charge in [0.15, 0.2) is 5.88 Å². The Morgan fingerprint density at radius 1 is 1.46 bits per heavy atom. The van der Waals surface area contributed by atoms with E-state index in [1.54, 1.807) is 0 Å². The van der Waals surface area contributed by atoms with Crippen molar-refractivity contribution >= 4 is 0 Å². The Hall–Kier alpha value is -1.29. The van der Waals surface area contributed by atoms with Gasteiger partial charge in [-0.1, -0.05) is 13.8 Å². The average molecular weight is 182 g/mol. The van der Waals surface area contributed by atoms with Crippen molar-refractivity contribution in [2.45, 2.75) is 19.9 Å². The minimum absolute atomic E-state index is 0.140. The lowest BCUT2D eigenvalue weighted by atomic mass is 9.98. The predicted octanol–water partition coefficient (Wildman–Crippen LogP) is 0.736. The molecular weight excluding hydrogens is 168 g/mol. The van der Waals surface area contributed by atoms with Crippen LogP contribution >= 0.6 is 0 Å². The zero-order chi connectivity index (χ0) is 10.0. The van der Waals surface area contributed by atoms with E-state index in [2.05, 4.69) is 4.98 Å². The number of aromatic nitrogens is 1. The Morgan fingerprint density at radius 2 is 2.08 bits per heavy atom. The topological polar surface area (TPSA) is 79.1 Å². The van der Waals surface area contributed by atoms with Crippen LogP contribution in [0.25, 0.3) is 0 Å². The quantitative estimate of drug-likeness (QED) is 0.631.